The van der Waals surface area contributed by atoms with Crippen molar-refractivity contribution in [2.24, 2.45) is 5.41 Å². The van der Waals surface area contributed by atoms with E-state index in [4.69, 9.17) is 4.74 Å². The number of allylic oxidation sites excluding steroid dienone is 1. The molecule has 2 atom stereocenters. The lowest BCUT2D eigenvalue weighted by atomic mass is 9.66. The van der Waals surface area contributed by atoms with Crippen LogP contribution in [-0.2, 0) is 4.74 Å². The summed E-state index contributed by atoms with van der Waals surface area (Å²) in [6.07, 6.45) is 10.5. The van der Waals surface area contributed by atoms with E-state index in [1.807, 2.05) is 7.11 Å². The molecule has 96 valence electrons. The van der Waals surface area contributed by atoms with Crippen molar-refractivity contribution >= 4 is 5.57 Å². The Bertz CT molecular complexity index is 434. The van der Waals surface area contributed by atoms with Crippen molar-refractivity contribution in [2.45, 2.75) is 44.6 Å². The van der Waals surface area contributed by atoms with Crippen molar-refractivity contribution in [3.8, 4) is 0 Å². The summed E-state index contributed by atoms with van der Waals surface area (Å²) in [5.74, 6) is 0. The first-order valence-corrected chi connectivity index (χ1v) is 7.16. The normalized spacial score (nSPS) is 31.6. The molecule has 2 aliphatic rings. The number of benzene rings is 1. The third-order valence-electron chi connectivity index (χ3n) is 4.80. The number of ether oxygens (including phenoxy) is 1. The van der Waals surface area contributed by atoms with Crippen LogP contribution in [0, 0.1) is 5.41 Å². The van der Waals surface area contributed by atoms with Gasteiger partial charge in [0.05, 0.1) is 6.10 Å². The fraction of sp³-hybridized carbons (Fsp3) is 0.529. The van der Waals surface area contributed by atoms with Gasteiger partial charge in [-0.25, -0.2) is 0 Å². The zero-order valence-electron chi connectivity index (χ0n) is 11.2. The molecule has 0 amide bonds. The van der Waals surface area contributed by atoms with Gasteiger partial charge in [-0.1, -0.05) is 49.2 Å². The molecule has 2 aliphatic carbocycles. The van der Waals surface area contributed by atoms with Gasteiger partial charge in [-0.3, -0.25) is 0 Å². The van der Waals surface area contributed by atoms with Gasteiger partial charge in [-0.15, -0.1) is 0 Å². The largest absolute Gasteiger partial charge is 0.381 e. The van der Waals surface area contributed by atoms with Gasteiger partial charge in [-0.2, -0.15) is 0 Å². The minimum Gasteiger partial charge on any atom is -0.381 e. The fourth-order valence-electron chi connectivity index (χ4n) is 3.98. The maximum atomic E-state index is 5.84. The quantitative estimate of drug-likeness (QED) is 0.745. The molecule has 0 bridgehead atoms. The van der Waals surface area contributed by atoms with Crippen molar-refractivity contribution in [1.29, 1.82) is 0 Å². The summed E-state index contributed by atoms with van der Waals surface area (Å²) in [4.78, 5) is 0. The van der Waals surface area contributed by atoms with Gasteiger partial charge in [-0.05, 0) is 36.8 Å². The lowest BCUT2D eigenvalue weighted by molar-refractivity contribution is -0.0110. The van der Waals surface area contributed by atoms with Crippen LogP contribution in [-0.4, -0.2) is 13.2 Å². The monoisotopic (exact) mass is 242 g/mol. The van der Waals surface area contributed by atoms with Crippen LogP contribution in [0.3, 0.4) is 0 Å². The first kappa shape index (κ1) is 12.0. The predicted octanol–water partition coefficient (Wildman–Crippen LogP) is 4.44. The lowest BCUT2D eigenvalue weighted by Gasteiger charge is -2.43. The molecule has 18 heavy (non-hydrogen) atoms. The molecule has 0 unspecified atom stereocenters. The van der Waals surface area contributed by atoms with Gasteiger partial charge in [0.2, 0.25) is 0 Å². The summed E-state index contributed by atoms with van der Waals surface area (Å²) >= 11 is 0. The number of rotatable bonds is 2. The number of hydrogen-bond acceptors (Lipinski definition) is 1. The van der Waals surface area contributed by atoms with Gasteiger partial charge in [0, 0.05) is 12.5 Å². The van der Waals surface area contributed by atoms with E-state index in [1.54, 1.807) is 5.57 Å². The number of hydrogen-bond donors (Lipinski definition) is 0. The molecule has 0 N–H and O–H groups in total. The third-order valence-corrected chi connectivity index (χ3v) is 4.80. The second-order valence-corrected chi connectivity index (χ2v) is 5.65. The molecule has 0 radical (unpaired) electrons. The van der Waals surface area contributed by atoms with Crippen molar-refractivity contribution < 1.29 is 4.74 Å². The van der Waals surface area contributed by atoms with Crippen LogP contribution in [0.2, 0.25) is 0 Å². The molecule has 1 heteroatoms. The SMILES string of the molecule is CO[C@@H]1CCCC[C@]12CCC=C2c1ccccc1. The van der Waals surface area contributed by atoms with Crippen LogP contribution >= 0.6 is 0 Å². The molecule has 1 saturated carbocycles. The highest BCUT2D eigenvalue weighted by molar-refractivity contribution is 5.73. The molecule has 1 fully saturated rings. The van der Waals surface area contributed by atoms with E-state index in [0.717, 1.165) is 0 Å². The Morgan fingerprint density at radius 3 is 2.72 bits per heavy atom. The van der Waals surface area contributed by atoms with Crippen LogP contribution in [0.5, 0.6) is 0 Å². The minimum atomic E-state index is 0.300. The first-order chi connectivity index (χ1) is 8.87. The average Bonchev–Trinajstić information content (AvgIpc) is 2.84. The van der Waals surface area contributed by atoms with Gasteiger partial charge in [0.25, 0.3) is 0 Å². The van der Waals surface area contributed by atoms with E-state index in [-0.39, 0.29) is 0 Å². The Kier molecular flexibility index (Phi) is 3.25. The molecular weight excluding hydrogens is 220 g/mol. The second kappa shape index (κ2) is 4.89. The van der Waals surface area contributed by atoms with Gasteiger partial charge in [0.15, 0.2) is 0 Å². The molecule has 0 saturated heterocycles. The summed E-state index contributed by atoms with van der Waals surface area (Å²) in [6.45, 7) is 0. The van der Waals surface area contributed by atoms with E-state index >= 15 is 0 Å². The molecule has 1 spiro atoms. The summed E-state index contributed by atoms with van der Waals surface area (Å²) in [5.41, 5.74) is 3.25. The van der Waals surface area contributed by atoms with Crippen molar-refractivity contribution in [3.05, 3.63) is 42.0 Å². The molecule has 1 nitrogen and oxygen atoms in total. The van der Waals surface area contributed by atoms with E-state index < -0.39 is 0 Å². The van der Waals surface area contributed by atoms with Crippen LogP contribution in [0.4, 0.5) is 0 Å². The molecule has 0 heterocycles. The fourth-order valence-corrected chi connectivity index (χ4v) is 3.98. The lowest BCUT2D eigenvalue weighted by Crippen LogP contribution is -2.38. The zero-order valence-corrected chi connectivity index (χ0v) is 11.2. The standard InChI is InChI=1S/C17H22O/c1-18-16-11-5-6-12-17(16)13-7-10-15(17)14-8-3-2-4-9-14/h2-4,8-10,16H,5-7,11-13H2,1H3/t16-,17-/m1/s1. The van der Waals surface area contributed by atoms with Gasteiger partial charge >= 0.3 is 0 Å². The zero-order chi connectivity index (χ0) is 12.4. The number of methoxy groups -OCH3 is 1. The Morgan fingerprint density at radius 2 is 1.94 bits per heavy atom. The topological polar surface area (TPSA) is 9.23 Å². The Hall–Kier alpha value is -1.08. The van der Waals surface area contributed by atoms with Crippen LogP contribution in [0.15, 0.2) is 36.4 Å². The molecular formula is C17H22O. The van der Waals surface area contributed by atoms with E-state index in [1.165, 1.54) is 44.1 Å². The van der Waals surface area contributed by atoms with E-state index in [2.05, 4.69) is 36.4 Å². The van der Waals surface area contributed by atoms with Gasteiger partial charge < -0.3 is 4.74 Å². The van der Waals surface area contributed by atoms with Crippen molar-refractivity contribution in [3.63, 3.8) is 0 Å². The van der Waals surface area contributed by atoms with Crippen LogP contribution < -0.4 is 0 Å². The highest BCUT2D eigenvalue weighted by Crippen LogP contribution is 2.54. The van der Waals surface area contributed by atoms with Gasteiger partial charge in [0.1, 0.15) is 0 Å². The Morgan fingerprint density at radius 1 is 1.11 bits per heavy atom. The molecule has 1 aromatic carbocycles. The summed E-state index contributed by atoms with van der Waals surface area (Å²) < 4.78 is 5.84. The highest BCUT2D eigenvalue weighted by Gasteiger charge is 2.45. The van der Waals surface area contributed by atoms with Crippen molar-refractivity contribution in [1.82, 2.24) is 0 Å². The van der Waals surface area contributed by atoms with Crippen LogP contribution in [0.1, 0.15) is 44.1 Å². The average molecular weight is 242 g/mol. The summed E-state index contributed by atoms with van der Waals surface area (Å²) in [7, 11) is 1.89. The Balaban J connectivity index is 1.98. The molecule has 1 aromatic rings. The maximum Gasteiger partial charge on any atom is 0.0668 e. The smallest absolute Gasteiger partial charge is 0.0668 e. The van der Waals surface area contributed by atoms with E-state index in [0.29, 0.717) is 11.5 Å². The van der Waals surface area contributed by atoms with Crippen molar-refractivity contribution in [2.75, 3.05) is 7.11 Å². The highest BCUT2D eigenvalue weighted by atomic mass is 16.5. The van der Waals surface area contributed by atoms with E-state index in [9.17, 15) is 0 Å². The molecule has 3 rings (SSSR count). The Labute approximate surface area is 110 Å². The third kappa shape index (κ3) is 1.81. The maximum absolute atomic E-state index is 5.84. The molecule has 0 aliphatic heterocycles. The van der Waals surface area contributed by atoms with Crippen LogP contribution in [0.25, 0.3) is 5.57 Å². The summed E-state index contributed by atoms with van der Waals surface area (Å²) in [5, 5.41) is 0. The minimum absolute atomic E-state index is 0.300. The first-order valence-electron chi connectivity index (χ1n) is 7.16. The molecule has 0 aromatic heterocycles. The second-order valence-electron chi connectivity index (χ2n) is 5.65. The summed E-state index contributed by atoms with van der Waals surface area (Å²) in [6, 6.07) is 10.9. The predicted molar refractivity (Wildman–Crippen MR) is 75.4 cm³/mol.